The standard InChI is InChI=1S/C17H26BrClN2/c1-5-17(4)11-21(16(9-20-17)12(2)3)10-13-6-7-14(18)8-15(13)19/h6-8,12,16,20H,5,9-11H2,1-4H3. The minimum absolute atomic E-state index is 0.202. The van der Waals surface area contributed by atoms with E-state index in [1.165, 1.54) is 5.56 Å². The van der Waals surface area contributed by atoms with E-state index in [-0.39, 0.29) is 5.54 Å². The van der Waals surface area contributed by atoms with Gasteiger partial charge in [0.1, 0.15) is 0 Å². The molecule has 1 aliphatic heterocycles. The predicted molar refractivity (Wildman–Crippen MR) is 94.9 cm³/mol. The van der Waals surface area contributed by atoms with Gasteiger partial charge in [-0.15, -0.1) is 0 Å². The Labute approximate surface area is 142 Å². The lowest BCUT2D eigenvalue weighted by Gasteiger charge is -2.47. The van der Waals surface area contributed by atoms with Gasteiger partial charge in [-0.1, -0.05) is 54.4 Å². The number of benzene rings is 1. The largest absolute Gasteiger partial charge is 0.309 e. The van der Waals surface area contributed by atoms with E-state index in [4.69, 9.17) is 11.6 Å². The van der Waals surface area contributed by atoms with Gasteiger partial charge in [-0.05, 0) is 37.0 Å². The van der Waals surface area contributed by atoms with E-state index in [0.717, 1.165) is 35.6 Å². The molecule has 4 heteroatoms. The first-order valence-electron chi connectivity index (χ1n) is 7.77. The second kappa shape index (κ2) is 6.99. The first kappa shape index (κ1) is 17.3. The van der Waals surface area contributed by atoms with Gasteiger partial charge in [0.25, 0.3) is 0 Å². The Balaban J connectivity index is 2.19. The van der Waals surface area contributed by atoms with Crippen LogP contribution in [0.3, 0.4) is 0 Å². The van der Waals surface area contributed by atoms with Gasteiger partial charge in [0.2, 0.25) is 0 Å². The van der Waals surface area contributed by atoms with Crippen molar-refractivity contribution in [1.82, 2.24) is 10.2 Å². The summed E-state index contributed by atoms with van der Waals surface area (Å²) in [5.41, 5.74) is 1.42. The molecule has 2 unspecified atom stereocenters. The van der Waals surface area contributed by atoms with Crippen molar-refractivity contribution in [3.8, 4) is 0 Å². The summed E-state index contributed by atoms with van der Waals surface area (Å²) in [5.74, 6) is 0.633. The number of nitrogens with one attached hydrogen (secondary N) is 1. The van der Waals surface area contributed by atoms with Crippen molar-refractivity contribution in [2.45, 2.75) is 52.2 Å². The highest BCUT2D eigenvalue weighted by Gasteiger charge is 2.35. The second-order valence-electron chi connectivity index (χ2n) is 6.75. The highest BCUT2D eigenvalue weighted by Crippen LogP contribution is 2.28. The Bertz CT molecular complexity index is 492. The second-order valence-corrected chi connectivity index (χ2v) is 8.07. The average molecular weight is 374 g/mol. The molecule has 2 atom stereocenters. The Morgan fingerprint density at radius 3 is 2.76 bits per heavy atom. The molecule has 0 aromatic heterocycles. The molecule has 2 rings (SSSR count). The van der Waals surface area contributed by atoms with Gasteiger partial charge in [0.15, 0.2) is 0 Å². The molecule has 0 bridgehead atoms. The molecule has 1 heterocycles. The third-order valence-corrected chi connectivity index (χ3v) is 5.54. The molecule has 1 aromatic carbocycles. The lowest BCUT2D eigenvalue weighted by atomic mass is 9.89. The minimum Gasteiger partial charge on any atom is -0.309 e. The van der Waals surface area contributed by atoms with E-state index >= 15 is 0 Å². The SMILES string of the molecule is CCC1(C)CN(Cc2ccc(Br)cc2Cl)C(C(C)C)CN1. The molecule has 1 fully saturated rings. The van der Waals surface area contributed by atoms with Gasteiger partial charge in [-0.2, -0.15) is 0 Å². The van der Waals surface area contributed by atoms with Crippen molar-refractivity contribution in [3.63, 3.8) is 0 Å². The van der Waals surface area contributed by atoms with Crippen LogP contribution in [-0.2, 0) is 6.54 Å². The van der Waals surface area contributed by atoms with Crippen LogP contribution in [-0.4, -0.2) is 29.6 Å². The molecule has 0 spiro atoms. The number of halogens is 2. The normalized spacial score (nSPS) is 27.3. The van der Waals surface area contributed by atoms with Crippen LogP contribution in [0.4, 0.5) is 0 Å². The van der Waals surface area contributed by atoms with Gasteiger partial charge >= 0.3 is 0 Å². The van der Waals surface area contributed by atoms with E-state index in [1.807, 2.05) is 6.07 Å². The lowest BCUT2D eigenvalue weighted by molar-refractivity contribution is 0.0539. The third kappa shape index (κ3) is 4.22. The van der Waals surface area contributed by atoms with Crippen molar-refractivity contribution in [2.24, 2.45) is 5.92 Å². The fourth-order valence-corrected chi connectivity index (χ4v) is 3.77. The molecule has 1 saturated heterocycles. The molecular weight excluding hydrogens is 348 g/mol. The molecular formula is C17H26BrClN2. The molecule has 0 aliphatic carbocycles. The lowest BCUT2D eigenvalue weighted by Crippen LogP contribution is -2.63. The summed E-state index contributed by atoms with van der Waals surface area (Å²) in [7, 11) is 0. The van der Waals surface area contributed by atoms with Crippen LogP contribution >= 0.6 is 27.5 Å². The smallest absolute Gasteiger partial charge is 0.0462 e. The van der Waals surface area contributed by atoms with Crippen molar-refractivity contribution in [3.05, 3.63) is 33.3 Å². The first-order chi connectivity index (χ1) is 9.84. The third-order valence-electron chi connectivity index (χ3n) is 4.70. The molecule has 0 amide bonds. The quantitative estimate of drug-likeness (QED) is 0.823. The summed E-state index contributed by atoms with van der Waals surface area (Å²) in [6, 6.07) is 6.76. The van der Waals surface area contributed by atoms with Crippen LogP contribution in [0.2, 0.25) is 5.02 Å². The number of piperazine rings is 1. The van der Waals surface area contributed by atoms with E-state index in [2.05, 4.69) is 66.0 Å². The summed E-state index contributed by atoms with van der Waals surface area (Å²) >= 11 is 9.89. The Kier molecular flexibility index (Phi) is 5.75. The van der Waals surface area contributed by atoms with Crippen molar-refractivity contribution >= 4 is 27.5 Å². The van der Waals surface area contributed by atoms with E-state index in [1.54, 1.807) is 0 Å². The summed E-state index contributed by atoms with van der Waals surface area (Å²) in [4.78, 5) is 2.60. The number of hydrogen-bond donors (Lipinski definition) is 1. The highest BCUT2D eigenvalue weighted by molar-refractivity contribution is 9.10. The van der Waals surface area contributed by atoms with Gasteiger partial charge < -0.3 is 5.32 Å². The maximum absolute atomic E-state index is 6.41. The fraction of sp³-hybridized carbons (Fsp3) is 0.647. The van der Waals surface area contributed by atoms with Crippen LogP contribution in [0.25, 0.3) is 0 Å². The summed E-state index contributed by atoms with van der Waals surface area (Å²) in [6.45, 7) is 12.2. The van der Waals surface area contributed by atoms with Crippen molar-refractivity contribution < 1.29 is 0 Å². The van der Waals surface area contributed by atoms with Crippen molar-refractivity contribution in [2.75, 3.05) is 13.1 Å². The van der Waals surface area contributed by atoms with Gasteiger partial charge in [-0.25, -0.2) is 0 Å². The maximum atomic E-state index is 6.41. The monoisotopic (exact) mass is 372 g/mol. The maximum Gasteiger partial charge on any atom is 0.0462 e. The molecule has 21 heavy (non-hydrogen) atoms. The summed E-state index contributed by atoms with van der Waals surface area (Å²) in [5, 5.41) is 4.58. The number of hydrogen-bond acceptors (Lipinski definition) is 2. The molecule has 1 N–H and O–H groups in total. The first-order valence-corrected chi connectivity index (χ1v) is 8.95. The average Bonchev–Trinajstić information content (AvgIpc) is 2.42. The molecule has 1 aromatic rings. The Hall–Kier alpha value is -0.0900. The number of rotatable bonds is 4. The van der Waals surface area contributed by atoms with Crippen LogP contribution in [0, 0.1) is 5.92 Å². The Morgan fingerprint density at radius 2 is 2.19 bits per heavy atom. The van der Waals surface area contributed by atoms with E-state index < -0.39 is 0 Å². The van der Waals surface area contributed by atoms with Gasteiger partial charge in [0, 0.05) is 40.7 Å². The zero-order valence-corrected chi connectivity index (χ0v) is 15.8. The van der Waals surface area contributed by atoms with Gasteiger partial charge in [-0.3, -0.25) is 4.90 Å². The molecule has 0 saturated carbocycles. The van der Waals surface area contributed by atoms with Crippen LogP contribution in [0.15, 0.2) is 22.7 Å². The van der Waals surface area contributed by atoms with E-state index in [9.17, 15) is 0 Å². The molecule has 0 radical (unpaired) electrons. The molecule has 118 valence electrons. The van der Waals surface area contributed by atoms with E-state index in [0.29, 0.717) is 12.0 Å². The van der Waals surface area contributed by atoms with Crippen molar-refractivity contribution in [1.29, 1.82) is 0 Å². The topological polar surface area (TPSA) is 15.3 Å². The van der Waals surface area contributed by atoms with Crippen LogP contribution in [0.1, 0.15) is 39.7 Å². The summed E-state index contributed by atoms with van der Waals surface area (Å²) in [6.07, 6.45) is 1.14. The molecule has 2 nitrogen and oxygen atoms in total. The number of nitrogens with zero attached hydrogens (tertiary/aromatic N) is 1. The zero-order chi connectivity index (χ0) is 15.6. The fourth-order valence-electron chi connectivity index (χ4n) is 3.04. The Morgan fingerprint density at radius 1 is 1.48 bits per heavy atom. The molecule has 1 aliphatic rings. The highest BCUT2D eigenvalue weighted by atomic mass is 79.9. The van der Waals surface area contributed by atoms with Crippen LogP contribution < -0.4 is 5.32 Å². The van der Waals surface area contributed by atoms with Gasteiger partial charge in [0.05, 0.1) is 0 Å². The summed E-state index contributed by atoms with van der Waals surface area (Å²) < 4.78 is 1.04. The van der Waals surface area contributed by atoms with Crippen LogP contribution in [0.5, 0.6) is 0 Å². The predicted octanol–water partition coefficient (Wildman–Crippen LogP) is 4.70. The zero-order valence-electron chi connectivity index (χ0n) is 13.4. The minimum atomic E-state index is 0.202.